The number of hydrogen-bond acceptors (Lipinski definition) is 7. The Hall–Kier alpha value is -2.88. The van der Waals surface area contributed by atoms with Gasteiger partial charge in [0.1, 0.15) is 17.7 Å². The first-order valence-electron chi connectivity index (χ1n) is 10.7. The Kier molecular flexibility index (Phi) is 4.81. The number of ether oxygens (including phenoxy) is 2. The summed E-state index contributed by atoms with van der Waals surface area (Å²) in [6.07, 6.45) is 5.11. The summed E-state index contributed by atoms with van der Waals surface area (Å²) in [4.78, 5) is 25.9. The van der Waals surface area contributed by atoms with Gasteiger partial charge in [0.2, 0.25) is 17.6 Å². The molecule has 2 aliphatic carbocycles. The number of amides is 1. The Labute approximate surface area is 184 Å². The topological polar surface area (TPSA) is 89.5 Å². The van der Waals surface area contributed by atoms with E-state index in [2.05, 4.69) is 20.3 Å². The second kappa shape index (κ2) is 7.33. The summed E-state index contributed by atoms with van der Waals surface area (Å²) < 4.78 is 39.6. The monoisotopic (exact) mass is 445 g/mol. The summed E-state index contributed by atoms with van der Waals surface area (Å²) in [6.45, 7) is 2.79. The molecule has 8 nitrogen and oxygen atoms in total. The normalized spacial score (nSPS) is 23.0. The number of methoxy groups -OCH3 is 1. The number of fused-ring (bicyclic) bond motifs is 2. The highest BCUT2D eigenvalue weighted by Gasteiger charge is 2.53. The number of carbonyl (C=O) groups excluding carboxylic acids is 1. The van der Waals surface area contributed by atoms with E-state index in [1.165, 1.54) is 6.92 Å². The number of alkyl halides is 2. The Morgan fingerprint density at radius 2 is 2.00 bits per heavy atom. The molecule has 3 heterocycles. The van der Waals surface area contributed by atoms with Crippen LogP contribution in [0.2, 0.25) is 0 Å². The maximum atomic E-state index is 14.2. The Morgan fingerprint density at radius 1 is 1.25 bits per heavy atom. The predicted octanol–water partition coefficient (Wildman–Crippen LogP) is 3.68. The van der Waals surface area contributed by atoms with Crippen molar-refractivity contribution in [3.63, 3.8) is 0 Å². The second-order valence-corrected chi connectivity index (χ2v) is 8.98. The molecular weight excluding hydrogens is 420 g/mol. The third-order valence-electron chi connectivity index (χ3n) is 6.39. The molecule has 0 bridgehead atoms. The van der Waals surface area contributed by atoms with Crippen molar-refractivity contribution >= 4 is 23.2 Å². The van der Waals surface area contributed by atoms with E-state index in [1.54, 1.807) is 25.4 Å². The third-order valence-corrected chi connectivity index (χ3v) is 6.39. The maximum absolute atomic E-state index is 14.2. The standard InChI is InChI=1S/C22H25F2N5O3/c1-12(30)26-17-8-16-15(10-25-17)22(4-5-22)11-29(16)18-9-19(28-20(27-18)21(2,23)24)32-14-6-13(7-14)31-3/h8-10,13-14H,4-7,11H2,1-3H3,(H,25,26,30). The first-order valence-corrected chi connectivity index (χ1v) is 10.7. The zero-order chi connectivity index (χ0) is 22.7. The van der Waals surface area contributed by atoms with Gasteiger partial charge < -0.3 is 19.7 Å². The molecular formula is C22H25F2N5O3. The van der Waals surface area contributed by atoms with Gasteiger partial charge in [0.25, 0.3) is 0 Å². The predicted molar refractivity (Wildman–Crippen MR) is 113 cm³/mol. The van der Waals surface area contributed by atoms with Gasteiger partial charge in [-0.1, -0.05) is 0 Å². The Balaban J connectivity index is 1.51. The van der Waals surface area contributed by atoms with Crippen molar-refractivity contribution in [2.45, 2.75) is 63.1 Å². The number of hydrogen-bond donors (Lipinski definition) is 1. The molecule has 2 fully saturated rings. The van der Waals surface area contributed by atoms with Gasteiger partial charge in [-0.3, -0.25) is 4.79 Å². The summed E-state index contributed by atoms with van der Waals surface area (Å²) >= 11 is 0. The molecule has 0 radical (unpaired) electrons. The van der Waals surface area contributed by atoms with Gasteiger partial charge >= 0.3 is 5.92 Å². The first-order chi connectivity index (χ1) is 15.2. The van der Waals surface area contributed by atoms with E-state index in [4.69, 9.17) is 9.47 Å². The molecule has 1 N–H and O–H groups in total. The lowest BCUT2D eigenvalue weighted by molar-refractivity contribution is -0.114. The van der Waals surface area contributed by atoms with Crippen molar-refractivity contribution in [2.75, 3.05) is 23.9 Å². The van der Waals surface area contributed by atoms with E-state index in [0.29, 0.717) is 31.0 Å². The van der Waals surface area contributed by atoms with Crippen molar-refractivity contribution in [3.8, 4) is 5.88 Å². The van der Waals surface area contributed by atoms with Gasteiger partial charge in [0.15, 0.2) is 0 Å². The van der Waals surface area contributed by atoms with Crippen LogP contribution in [0.4, 0.5) is 26.1 Å². The lowest BCUT2D eigenvalue weighted by Crippen LogP contribution is -2.39. The number of nitrogens with zero attached hydrogens (tertiary/aromatic N) is 4. The fourth-order valence-electron chi connectivity index (χ4n) is 4.37. The molecule has 1 aliphatic heterocycles. The zero-order valence-electron chi connectivity index (χ0n) is 18.2. The lowest BCUT2D eigenvalue weighted by atomic mass is 9.92. The van der Waals surface area contributed by atoms with Crippen molar-refractivity contribution in [2.24, 2.45) is 0 Å². The molecule has 0 saturated heterocycles. The van der Waals surface area contributed by atoms with E-state index < -0.39 is 11.7 Å². The van der Waals surface area contributed by atoms with Gasteiger partial charge in [-0.2, -0.15) is 13.8 Å². The number of aromatic nitrogens is 3. The number of halogens is 2. The summed E-state index contributed by atoms with van der Waals surface area (Å²) in [5, 5.41) is 2.69. The van der Waals surface area contributed by atoms with Crippen LogP contribution in [0.15, 0.2) is 18.3 Å². The highest BCUT2D eigenvalue weighted by molar-refractivity contribution is 5.89. The molecule has 10 heteroatoms. The van der Waals surface area contributed by atoms with Crippen molar-refractivity contribution in [3.05, 3.63) is 29.7 Å². The van der Waals surface area contributed by atoms with Crippen molar-refractivity contribution in [1.29, 1.82) is 0 Å². The summed E-state index contributed by atoms with van der Waals surface area (Å²) in [6, 6.07) is 3.38. The molecule has 0 unspecified atom stereocenters. The minimum absolute atomic E-state index is 0.0579. The molecule has 1 amide bonds. The van der Waals surface area contributed by atoms with Crippen LogP contribution in [-0.4, -0.2) is 46.7 Å². The Morgan fingerprint density at radius 3 is 2.62 bits per heavy atom. The Bertz CT molecular complexity index is 1060. The van der Waals surface area contributed by atoms with Crippen LogP contribution in [0.25, 0.3) is 0 Å². The summed E-state index contributed by atoms with van der Waals surface area (Å²) in [5.74, 6) is -3.15. The molecule has 0 aromatic carbocycles. The quantitative estimate of drug-likeness (QED) is 0.725. The highest BCUT2D eigenvalue weighted by Crippen LogP contribution is 2.58. The molecule has 0 atom stereocenters. The molecule has 5 rings (SSSR count). The van der Waals surface area contributed by atoms with E-state index in [-0.39, 0.29) is 29.4 Å². The summed E-state index contributed by atoms with van der Waals surface area (Å²) in [5.41, 5.74) is 1.79. The maximum Gasteiger partial charge on any atom is 0.304 e. The number of pyridine rings is 1. The smallest absolute Gasteiger partial charge is 0.304 e. The first kappa shape index (κ1) is 21.0. The van der Waals surface area contributed by atoms with E-state index >= 15 is 0 Å². The van der Waals surface area contributed by atoms with E-state index in [1.807, 2.05) is 4.90 Å². The molecule has 2 aromatic rings. The highest BCUT2D eigenvalue weighted by atomic mass is 19.3. The lowest BCUT2D eigenvalue weighted by Gasteiger charge is -2.34. The molecule has 2 aromatic heterocycles. The number of anilines is 3. The minimum Gasteiger partial charge on any atom is -0.474 e. The second-order valence-electron chi connectivity index (χ2n) is 8.98. The fourth-order valence-corrected chi connectivity index (χ4v) is 4.37. The van der Waals surface area contributed by atoms with Gasteiger partial charge in [-0.25, -0.2) is 9.97 Å². The average molecular weight is 445 g/mol. The number of rotatable bonds is 6. The fraction of sp³-hybridized carbons (Fsp3) is 0.545. The SMILES string of the molecule is COC1CC(Oc2cc(N3CC4(CC4)c4cnc(NC(C)=O)cc43)nc(C(C)(F)F)n2)C1. The van der Waals surface area contributed by atoms with E-state index in [9.17, 15) is 13.6 Å². The largest absolute Gasteiger partial charge is 0.474 e. The van der Waals surface area contributed by atoms with Crippen LogP contribution in [0.1, 0.15) is 50.9 Å². The van der Waals surface area contributed by atoms with Crippen molar-refractivity contribution < 1.29 is 23.0 Å². The van der Waals surface area contributed by atoms with Crippen LogP contribution < -0.4 is 15.0 Å². The van der Waals surface area contributed by atoms with Crippen LogP contribution in [0.5, 0.6) is 5.88 Å². The molecule has 170 valence electrons. The number of nitrogens with one attached hydrogen (secondary N) is 1. The third kappa shape index (κ3) is 3.76. The number of carbonyl (C=O) groups is 1. The van der Waals surface area contributed by atoms with E-state index in [0.717, 1.165) is 31.0 Å². The van der Waals surface area contributed by atoms with Crippen LogP contribution in [-0.2, 0) is 20.9 Å². The van der Waals surface area contributed by atoms with Gasteiger partial charge in [-0.15, -0.1) is 0 Å². The van der Waals surface area contributed by atoms with Gasteiger partial charge in [0.05, 0.1) is 11.8 Å². The minimum atomic E-state index is -3.22. The van der Waals surface area contributed by atoms with Crippen LogP contribution in [0.3, 0.4) is 0 Å². The molecule has 3 aliphatic rings. The van der Waals surface area contributed by atoms with Gasteiger partial charge in [0, 0.05) is 69.7 Å². The molecule has 2 saturated carbocycles. The van der Waals surface area contributed by atoms with Crippen LogP contribution in [0, 0.1) is 0 Å². The zero-order valence-corrected chi connectivity index (χ0v) is 18.2. The molecule has 1 spiro atoms. The summed E-state index contributed by atoms with van der Waals surface area (Å²) in [7, 11) is 1.64. The van der Waals surface area contributed by atoms with Crippen molar-refractivity contribution in [1.82, 2.24) is 15.0 Å². The molecule has 32 heavy (non-hydrogen) atoms. The van der Waals surface area contributed by atoms with Gasteiger partial charge in [-0.05, 0) is 12.8 Å². The average Bonchev–Trinajstić information content (AvgIpc) is 3.40. The van der Waals surface area contributed by atoms with Crippen LogP contribution >= 0.6 is 0 Å².